The molecule has 0 radical (unpaired) electrons. The van der Waals surface area contributed by atoms with Crippen molar-refractivity contribution in [2.45, 2.75) is 39.5 Å². The molecule has 1 atom stereocenters. The van der Waals surface area contributed by atoms with Crippen LogP contribution in [0.25, 0.3) is 0 Å². The Morgan fingerprint density at radius 3 is 2.65 bits per heavy atom. The molecule has 1 rings (SSSR count). The van der Waals surface area contributed by atoms with Gasteiger partial charge in [-0.3, -0.25) is 4.79 Å². The van der Waals surface area contributed by atoms with E-state index in [0.29, 0.717) is 24.4 Å². The number of rotatable bonds is 7. The summed E-state index contributed by atoms with van der Waals surface area (Å²) in [6, 6.07) is 2.49. The lowest BCUT2D eigenvalue weighted by Gasteiger charge is -2.14. The molecule has 0 aliphatic heterocycles. The van der Waals surface area contributed by atoms with Crippen LogP contribution in [-0.2, 0) is 4.79 Å². The third-order valence-corrected chi connectivity index (χ3v) is 3.48. The highest BCUT2D eigenvalue weighted by Crippen LogP contribution is 2.22. The van der Waals surface area contributed by atoms with Gasteiger partial charge in [0, 0.05) is 6.42 Å². The smallest absolute Gasteiger partial charge is 0.224 e. The Kier molecular flexibility index (Phi) is 6.58. The van der Waals surface area contributed by atoms with E-state index in [4.69, 9.17) is 5.73 Å². The fourth-order valence-electron chi connectivity index (χ4n) is 2.10. The molecule has 1 unspecified atom stereocenters. The van der Waals surface area contributed by atoms with Gasteiger partial charge in [-0.2, -0.15) is 0 Å². The van der Waals surface area contributed by atoms with Gasteiger partial charge in [-0.15, -0.1) is 0 Å². The van der Waals surface area contributed by atoms with Crippen molar-refractivity contribution in [3.8, 4) is 0 Å². The van der Waals surface area contributed by atoms with Crippen LogP contribution >= 0.6 is 0 Å². The van der Waals surface area contributed by atoms with Gasteiger partial charge in [0.15, 0.2) is 5.82 Å². The van der Waals surface area contributed by atoms with Gasteiger partial charge in [0.05, 0.1) is 0 Å². The molecule has 0 aliphatic carbocycles. The third kappa shape index (κ3) is 4.56. The van der Waals surface area contributed by atoms with Crippen LogP contribution in [0.5, 0.6) is 0 Å². The van der Waals surface area contributed by atoms with E-state index < -0.39 is 11.6 Å². The summed E-state index contributed by atoms with van der Waals surface area (Å²) in [5.74, 6) is -1.47. The number of hydrogen-bond acceptors (Lipinski definition) is 2. The molecule has 5 heteroatoms. The number of anilines is 1. The number of nitrogens with one attached hydrogen (secondary N) is 1. The van der Waals surface area contributed by atoms with Crippen molar-refractivity contribution in [2.75, 3.05) is 11.9 Å². The molecule has 112 valence electrons. The Hall–Kier alpha value is -1.49. The van der Waals surface area contributed by atoms with Gasteiger partial charge in [0.25, 0.3) is 0 Å². The van der Waals surface area contributed by atoms with Crippen LogP contribution in [-0.4, -0.2) is 12.5 Å². The molecule has 3 nitrogen and oxygen atoms in total. The van der Waals surface area contributed by atoms with Crippen molar-refractivity contribution >= 4 is 11.6 Å². The van der Waals surface area contributed by atoms with Crippen LogP contribution < -0.4 is 11.1 Å². The number of halogens is 2. The Morgan fingerprint density at radius 1 is 1.35 bits per heavy atom. The van der Waals surface area contributed by atoms with Crippen molar-refractivity contribution in [1.82, 2.24) is 0 Å². The van der Waals surface area contributed by atoms with Gasteiger partial charge < -0.3 is 11.1 Å². The Bertz CT molecular complexity index is 463. The molecule has 20 heavy (non-hydrogen) atoms. The number of amides is 1. The normalized spacial score (nSPS) is 12.2. The van der Waals surface area contributed by atoms with Crippen LogP contribution in [0.2, 0.25) is 0 Å². The first-order valence-corrected chi connectivity index (χ1v) is 6.94. The number of carbonyl (C=O) groups is 1. The number of aryl methyl sites for hydroxylation is 1. The molecule has 1 amide bonds. The molecule has 0 fully saturated rings. The Balaban J connectivity index is 2.61. The minimum absolute atomic E-state index is 0.241. The van der Waals surface area contributed by atoms with Crippen LogP contribution in [0.3, 0.4) is 0 Å². The fourth-order valence-corrected chi connectivity index (χ4v) is 2.10. The zero-order chi connectivity index (χ0) is 15.1. The monoisotopic (exact) mass is 284 g/mol. The summed E-state index contributed by atoms with van der Waals surface area (Å²) < 4.78 is 27.2. The summed E-state index contributed by atoms with van der Waals surface area (Å²) in [7, 11) is 0. The number of nitrogens with two attached hydrogens (primary N) is 1. The van der Waals surface area contributed by atoms with Crippen molar-refractivity contribution in [3.05, 3.63) is 29.3 Å². The number of benzene rings is 1. The van der Waals surface area contributed by atoms with E-state index in [1.807, 2.05) is 6.92 Å². The van der Waals surface area contributed by atoms with Gasteiger partial charge in [0.2, 0.25) is 5.91 Å². The van der Waals surface area contributed by atoms with E-state index in [1.54, 1.807) is 0 Å². The topological polar surface area (TPSA) is 55.1 Å². The first-order valence-electron chi connectivity index (χ1n) is 6.94. The van der Waals surface area contributed by atoms with Gasteiger partial charge in [0.1, 0.15) is 11.5 Å². The van der Waals surface area contributed by atoms with E-state index in [1.165, 1.54) is 13.0 Å². The van der Waals surface area contributed by atoms with Crippen LogP contribution in [0.4, 0.5) is 14.5 Å². The highest BCUT2D eigenvalue weighted by atomic mass is 19.1. The summed E-state index contributed by atoms with van der Waals surface area (Å²) >= 11 is 0. The first kappa shape index (κ1) is 16.6. The van der Waals surface area contributed by atoms with E-state index in [-0.39, 0.29) is 18.0 Å². The lowest BCUT2D eigenvalue weighted by atomic mass is 9.96. The molecule has 1 aromatic rings. The fraction of sp³-hybridized carbons (Fsp3) is 0.533. The predicted octanol–water partition coefficient (Wildman–Crippen LogP) is 3.37. The molecule has 0 aromatic heterocycles. The standard InChI is InChI=1S/C15H22F2N2O/c1-3-11(8-9-18)5-7-13(20)19-15-12(16)6-4-10(2)14(15)17/h4,6,11H,3,5,7-9,18H2,1-2H3,(H,19,20). The van der Waals surface area contributed by atoms with E-state index in [0.717, 1.165) is 18.9 Å². The van der Waals surface area contributed by atoms with Crippen molar-refractivity contribution in [3.63, 3.8) is 0 Å². The van der Waals surface area contributed by atoms with Crippen molar-refractivity contribution < 1.29 is 13.6 Å². The maximum atomic E-state index is 13.7. The second kappa shape index (κ2) is 7.94. The van der Waals surface area contributed by atoms with Gasteiger partial charge in [-0.1, -0.05) is 19.4 Å². The predicted molar refractivity (Wildman–Crippen MR) is 76.4 cm³/mol. The molecule has 0 bridgehead atoms. The SMILES string of the molecule is CCC(CCN)CCC(=O)Nc1c(F)ccc(C)c1F. The molecule has 0 heterocycles. The lowest BCUT2D eigenvalue weighted by molar-refractivity contribution is -0.116. The van der Waals surface area contributed by atoms with Crippen LogP contribution in [0, 0.1) is 24.5 Å². The summed E-state index contributed by atoms with van der Waals surface area (Å²) in [4.78, 5) is 11.8. The molecule has 1 aromatic carbocycles. The van der Waals surface area contributed by atoms with Crippen LogP contribution in [0.1, 0.15) is 38.2 Å². The molecule has 0 aliphatic rings. The van der Waals surface area contributed by atoms with Crippen molar-refractivity contribution in [2.24, 2.45) is 11.7 Å². The highest BCUT2D eigenvalue weighted by molar-refractivity contribution is 5.91. The van der Waals surface area contributed by atoms with Gasteiger partial charge in [-0.25, -0.2) is 8.78 Å². The quantitative estimate of drug-likeness (QED) is 0.806. The van der Waals surface area contributed by atoms with E-state index in [2.05, 4.69) is 5.32 Å². The second-order valence-corrected chi connectivity index (χ2v) is 4.99. The Labute approximate surface area is 118 Å². The average Bonchev–Trinajstić information content (AvgIpc) is 2.43. The van der Waals surface area contributed by atoms with Gasteiger partial charge >= 0.3 is 0 Å². The zero-order valence-electron chi connectivity index (χ0n) is 12.0. The largest absolute Gasteiger partial charge is 0.330 e. The summed E-state index contributed by atoms with van der Waals surface area (Å²) in [5.41, 5.74) is 5.43. The van der Waals surface area contributed by atoms with Crippen molar-refractivity contribution in [1.29, 1.82) is 0 Å². The summed E-state index contributed by atoms with van der Waals surface area (Å²) in [6.45, 7) is 4.15. The lowest BCUT2D eigenvalue weighted by Crippen LogP contribution is -2.17. The molecule has 0 spiro atoms. The first-order chi connectivity index (χ1) is 9.49. The maximum Gasteiger partial charge on any atom is 0.224 e. The highest BCUT2D eigenvalue weighted by Gasteiger charge is 2.15. The average molecular weight is 284 g/mol. The second-order valence-electron chi connectivity index (χ2n) is 4.99. The van der Waals surface area contributed by atoms with E-state index in [9.17, 15) is 13.6 Å². The summed E-state index contributed by atoms with van der Waals surface area (Å²) in [6.07, 6.45) is 2.72. The van der Waals surface area contributed by atoms with Crippen LogP contribution in [0.15, 0.2) is 12.1 Å². The minimum Gasteiger partial charge on any atom is -0.330 e. The third-order valence-electron chi connectivity index (χ3n) is 3.48. The van der Waals surface area contributed by atoms with E-state index >= 15 is 0 Å². The number of carbonyl (C=O) groups excluding carboxylic acids is 1. The molecule has 3 N–H and O–H groups in total. The molecular formula is C15H22F2N2O. The molecule has 0 saturated carbocycles. The summed E-state index contributed by atoms with van der Waals surface area (Å²) in [5, 5.41) is 2.32. The Morgan fingerprint density at radius 2 is 2.05 bits per heavy atom. The maximum absolute atomic E-state index is 13.7. The number of hydrogen-bond donors (Lipinski definition) is 2. The van der Waals surface area contributed by atoms with Gasteiger partial charge in [-0.05, 0) is 43.9 Å². The zero-order valence-corrected chi connectivity index (χ0v) is 12.0. The molecular weight excluding hydrogens is 262 g/mol. The molecule has 0 saturated heterocycles. The minimum atomic E-state index is -0.754.